The molecule has 0 atom stereocenters. The molecule has 1 aliphatic heterocycles. The Morgan fingerprint density at radius 1 is 1.20 bits per heavy atom. The maximum Gasteiger partial charge on any atom is 0.193 e. The molecule has 0 saturated carbocycles. The second-order valence-electron chi connectivity index (χ2n) is 6.97. The van der Waals surface area contributed by atoms with Gasteiger partial charge < -0.3 is 15.1 Å². The highest BCUT2D eigenvalue weighted by Crippen LogP contribution is 2.23. The molecular weight excluding hydrogens is 451 g/mol. The number of rotatable bonds is 8. The molecule has 6 nitrogen and oxygen atoms in total. The number of aliphatic imine (C=N–C) groups is 1. The SMILES string of the molecule is CCNC(=NCCCCN(CC)CC)N1CCS(=O)(=O)C(C)(C)C1.I. The van der Waals surface area contributed by atoms with E-state index >= 15 is 0 Å². The van der Waals surface area contributed by atoms with Crippen LogP contribution in [-0.4, -0.2) is 80.5 Å². The van der Waals surface area contributed by atoms with E-state index in [0.717, 1.165) is 51.5 Å². The molecule has 0 spiro atoms. The first kappa shape index (κ1) is 24.9. The predicted molar refractivity (Wildman–Crippen MR) is 118 cm³/mol. The van der Waals surface area contributed by atoms with Gasteiger partial charge in [0.1, 0.15) is 0 Å². The minimum atomic E-state index is -3.02. The Bertz CT molecular complexity index is 505. The van der Waals surface area contributed by atoms with Gasteiger partial charge in [0.15, 0.2) is 15.8 Å². The van der Waals surface area contributed by atoms with Crippen LogP contribution in [0.2, 0.25) is 0 Å². The summed E-state index contributed by atoms with van der Waals surface area (Å²) in [6.07, 6.45) is 2.20. The van der Waals surface area contributed by atoms with Crippen molar-refractivity contribution in [2.24, 2.45) is 4.99 Å². The highest BCUT2D eigenvalue weighted by atomic mass is 127. The van der Waals surface area contributed by atoms with Gasteiger partial charge in [0.25, 0.3) is 0 Å². The molecule has 25 heavy (non-hydrogen) atoms. The van der Waals surface area contributed by atoms with Gasteiger partial charge in [-0.25, -0.2) is 8.42 Å². The molecule has 1 rings (SSSR count). The van der Waals surface area contributed by atoms with Crippen LogP contribution in [0.4, 0.5) is 0 Å². The Balaban J connectivity index is 0.00000576. The average Bonchev–Trinajstić information content (AvgIpc) is 2.52. The quantitative estimate of drug-likeness (QED) is 0.246. The molecule has 0 aliphatic carbocycles. The van der Waals surface area contributed by atoms with Crippen LogP contribution < -0.4 is 5.32 Å². The minimum absolute atomic E-state index is 0. The van der Waals surface area contributed by atoms with Crippen LogP contribution in [0.1, 0.15) is 47.5 Å². The van der Waals surface area contributed by atoms with Gasteiger partial charge in [-0.2, -0.15) is 0 Å². The number of unbranched alkanes of at least 4 members (excludes halogenated alkanes) is 1. The standard InChI is InChI=1S/C17H36N4O2S.HI/c1-6-18-16(19-11-9-10-12-20(7-2)8-3)21-13-14-24(22,23)17(4,5)15-21;/h6-15H2,1-5H3,(H,18,19);1H. The van der Waals surface area contributed by atoms with Crippen molar-refractivity contribution in [2.75, 3.05) is 51.6 Å². The van der Waals surface area contributed by atoms with E-state index in [9.17, 15) is 8.42 Å². The zero-order chi connectivity index (χ0) is 18.2. The van der Waals surface area contributed by atoms with Crippen LogP contribution in [-0.2, 0) is 9.84 Å². The molecule has 0 aromatic heterocycles. The first-order valence-electron chi connectivity index (χ1n) is 9.25. The number of nitrogens with zero attached hydrogens (tertiary/aromatic N) is 3. The van der Waals surface area contributed by atoms with Crippen LogP contribution in [0.25, 0.3) is 0 Å². The second-order valence-corrected chi connectivity index (χ2v) is 9.71. The molecule has 150 valence electrons. The van der Waals surface area contributed by atoms with E-state index in [1.165, 1.54) is 0 Å². The molecule has 0 bridgehead atoms. The Kier molecular flexibility index (Phi) is 11.5. The lowest BCUT2D eigenvalue weighted by Crippen LogP contribution is -2.57. The molecular formula is C17H37IN4O2S. The topological polar surface area (TPSA) is 65.0 Å². The van der Waals surface area contributed by atoms with Gasteiger partial charge in [-0.3, -0.25) is 4.99 Å². The van der Waals surface area contributed by atoms with E-state index in [1.54, 1.807) is 0 Å². The van der Waals surface area contributed by atoms with Crippen LogP contribution in [0.15, 0.2) is 4.99 Å². The summed E-state index contributed by atoms with van der Waals surface area (Å²) in [6, 6.07) is 0. The number of halogens is 1. The normalized spacial score (nSPS) is 19.6. The van der Waals surface area contributed by atoms with Gasteiger partial charge >= 0.3 is 0 Å². The third-order valence-electron chi connectivity index (χ3n) is 4.72. The van der Waals surface area contributed by atoms with Crippen molar-refractivity contribution < 1.29 is 8.42 Å². The lowest BCUT2D eigenvalue weighted by atomic mass is 10.2. The highest BCUT2D eigenvalue weighted by Gasteiger charge is 2.40. The molecule has 1 N–H and O–H groups in total. The largest absolute Gasteiger partial charge is 0.357 e. The Morgan fingerprint density at radius 2 is 1.84 bits per heavy atom. The number of hydrogen-bond acceptors (Lipinski definition) is 4. The minimum Gasteiger partial charge on any atom is -0.357 e. The first-order chi connectivity index (χ1) is 11.3. The fourth-order valence-electron chi connectivity index (χ4n) is 2.92. The number of sulfone groups is 1. The molecule has 1 aliphatic rings. The summed E-state index contributed by atoms with van der Waals surface area (Å²) >= 11 is 0. The molecule has 1 saturated heterocycles. The van der Waals surface area contributed by atoms with Crippen LogP contribution in [0.5, 0.6) is 0 Å². The molecule has 0 radical (unpaired) electrons. The van der Waals surface area contributed by atoms with Gasteiger partial charge in [-0.15, -0.1) is 24.0 Å². The maximum atomic E-state index is 12.2. The predicted octanol–water partition coefficient (Wildman–Crippen LogP) is 2.20. The number of hydrogen-bond donors (Lipinski definition) is 1. The van der Waals surface area contributed by atoms with Crippen LogP contribution >= 0.6 is 24.0 Å². The van der Waals surface area contributed by atoms with Gasteiger partial charge in [0.2, 0.25) is 0 Å². The summed E-state index contributed by atoms with van der Waals surface area (Å²) in [4.78, 5) is 9.23. The van der Waals surface area contributed by atoms with Crippen molar-refractivity contribution in [2.45, 2.75) is 52.2 Å². The number of nitrogens with one attached hydrogen (secondary N) is 1. The third kappa shape index (κ3) is 7.58. The van der Waals surface area contributed by atoms with Crippen molar-refractivity contribution in [1.29, 1.82) is 0 Å². The fraction of sp³-hybridized carbons (Fsp3) is 0.941. The van der Waals surface area contributed by atoms with Gasteiger partial charge in [0, 0.05) is 26.2 Å². The average molecular weight is 488 g/mol. The zero-order valence-electron chi connectivity index (χ0n) is 16.5. The van der Waals surface area contributed by atoms with E-state index in [4.69, 9.17) is 4.99 Å². The molecule has 0 amide bonds. The van der Waals surface area contributed by atoms with Gasteiger partial charge in [-0.1, -0.05) is 13.8 Å². The summed E-state index contributed by atoms with van der Waals surface area (Å²) in [6.45, 7) is 16.0. The van der Waals surface area contributed by atoms with Crippen molar-refractivity contribution in [3.63, 3.8) is 0 Å². The smallest absolute Gasteiger partial charge is 0.193 e. The van der Waals surface area contributed by atoms with Crippen molar-refractivity contribution >= 4 is 39.8 Å². The Hall–Kier alpha value is -0.0900. The Labute approximate surface area is 171 Å². The van der Waals surface area contributed by atoms with Crippen molar-refractivity contribution in [3.05, 3.63) is 0 Å². The summed E-state index contributed by atoms with van der Waals surface area (Å²) in [5, 5.41) is 3.31. The second kappa shape index (κ2) is 11.6. The molecule has 1 fully saturated rings. The maximum absolute atomic E-state index is 12.2. The summed E-state index contributed by atoms with van der Waals surface area (Å²) in [7, 11) is -3.02. The van der Waals surface area contributed by atoms with Gasteiger partial charge in [-0.05, 0) is 53.2 Å². The van der Waals surface area contributed by atoms with E-state index in [1.807, 2.05) is 20.8 Å². The van der Waals surface area contributed by atoms with E-state index in [2.05, 4.69) is 29.0 Å². The summed E-state index contributed by atoms with van der Waals surface area (Å²) in [5.74, 6) is 1.05. The van der Waals surface area contributed by atoms with E-state index < -0.39 is 14.6 Å². The first-order valence-corrected chi connectivity index (χ1v) is 10.9. The lowest BCUT2D eigenvalue weighted by molar-refractivity contribution is 0.297. The molecule has 0 aromatic carbocycles. The monoisotopic (exact) mass is 488 g/mol. The van der Waals surface area contributed by atoms with Gasteiger partial charge in [0.05, 0.1) is 10.5 Å². The van der Waals surface area contributed by atoms with Crippen molar-refractivity contribution in [1.82, 2.24) is 15.1 Å². The molecule has 0 unspecified atom stereocenters. The lowest BCUT2D eigenvalue weighted by Gasteiger charge is -2.39. The number of guanidine groups is 1. The molecule has 1 heterocycles. The van der Waals surface area contributed by atoms with E-state index in [-0.39, 0.29) is 29.7 Å². The van der Waals surface area contributed by atoms with Crippen molar-refractivity contribution in [3.8, 4) is 0 Å². The third-order valence-corrected chi connectivity index (χ3v) is 7.25. The van der Waals surface area contributed by atoms with Crippen LogP contribution in [0, 0.1) is 0 Å². The fourth-order valence-corrected chi connectivity index (χ4v) is 4.29. The summed E-state index contributed by atoms with van der Waals surface area (Å²) < 4.78 is 23.6. The Morgan fingerprint density at radius 3 is 2.36 bits per heavy atom. The molecule has 8 heteroatoms. The molecule has 0 aromatic rings. The highest BCUT2D eigenvalue weighted by molar-refractivity contribution is 14.0. The zero-order valence-corrected chi connectivity index (χ0v) is 19.7. The summed E-state index contributed by atoms with van der Waals surface area (Å²) in [5.41, 5.74) is 0. The van der Waals surface area contributed by atoms with E-state index in [0.29, 0.717) is 13.1 Å². The van der Waals surface area contributed by atoms with Crippen LogP contribution in [0.3, 0.4) is 0 Å².